The molecule has 0 bridgehead atoms. The van der Waals surface area contributed by atoms with Crippen LogP contribution in [0.5, 0.6) is 0 Å². The Labute approximate surface area is 120 Å². The fourth-order valence-corrected chi connectivity index (χ4v) is 4.58. The summed E-state index contributed by atoms with van der Waals surface area (Å²) in [6.07, 6.45) is 8.89. The van der Waals surface area contributed by atoms with Crippen LogP contribution in [0.25, 0.3) is 0 Å². The van der Waals surface area contributed by atoms with Gasteiger partial charge in [-0.1, -0.05) is 46.0 Å². The molecule has 0 amide bonds. The molecule has 0 aliphatic rings. The van der Waals surface area contributed by atoms with Crippen molar-refractivity contribution in [3.63, 3.8) is 0 Å². The zero-order valence-electron chi connectivity index (χ0n) is 13.5. The van der Waals surface area contributed by atoms with E-state index in [1.165, 1.54) is 38.5 Å². The van der Waals surface area contributed by atoms with Gasteiger partial charge in [-0.05, 0) is 25.9 Å². The summed E-state index contributed by atoms with van der Waals surface area (Å²) in [4.78, 5) is 0. The lowest BCUT2D eigenvalue weighted by Crippen LogP contribution is -2.59. The molecular weight excluding hydrogens is 258 g/mol. The minimum atomic E-state index is -2.61. The van der Waals surface area contributed by atoms with E-state index in [0.29, 0.717) is 0 Å². The topological polar surface area (TPSA) is 30.9 Å². The molecule has 0 aromatic carbocycles. The standard InChI is InChI=1S/C14H33NO3Si/c1-6-8-9-10-11-12-14-15(13-7-2)19(16-3,17-4)18-5/h6-14H2,1-5H3. The zero-order valence-corrected chi connectivity index (χ0v) is 14.5. The van der Waals surface area contributed by atoms with Crippen molar-refractivity contribution in [3.8, 4) is 0 Å². The summed E-state index contributed by atoms with van der Waals surface area (Å²) in [5, 5.41) is 0. The highest BCUT2D eigenvalue weighted by atomic mass is 28.4. The van der Waals surface area contributed by atoms with Gasteiger partial charge in [0.25, 0.3) is 0 Å². The Kier molecular flexibility index (Phi) is 11.9. The van der Waals surface area contributed by atoms with Gasteiger partial charge in [0.05, 0.1) is 0 Å². The Hall–Kier alpha value is 0.0569. The first-order valence-corrected chi connectivity index (χ1v) is 9.28. The molecule has 19 heavy (non-hydrogen) atoms. The molecule has 0 unspecified atom stereocenters. The minimum Gasteiger partial charge on any atom is -0.364 e. The van der Waals surface area contributed by atoms with Crippen LogP contribution < -0.4 is 0 Å². The predicted octanol–water partition coefficient (Wildman–Crippen LogP) is 3.43. The first kappa shape index (κ1) is 19.1. The van der Waals surface area contributed by atoms with Gasteiger partial charge in [-0.3, -0.25) is 4.57 Å². The molecule has 0 atom stereocenters. The summed E-state index contributed by atoms with van der Waals surface area (Å²) in [5.74, 6) is 0. The Balaban J connectivity index is 4.16. The van der Waals surface area contributed by atoms with Crippen molar-refractivity contribution in [2.24, 2.45) is 0 Å². The molecular formula is C14H33NO3Si. The summed E-state index contributed by atoms with van der Waals surface area (Å²) in [6.45, 7) is 6.39. The predicted molar refractivity (Wildman–Crippen MR) is 82.0 cm³/mol. The van der Waals surface area contributed by atoms with Crippen molar-refractivity contribution in [1.82, 2.24) is 4.57 Å². The van der Waals surface area contributed by atoms with Crippen LogP contribution in [0.2, 0.25) is 0 Å². The molecule has 0 aromatic rings. The number of hydrogen-bond donors (Lipinski definition) is 0. The summed E-state index contributed by atoms with van der Waals surface area (Å²) in [7, 11) is 2.44. The van der Waals surface area contributed by atoms with Crippen molar-refractivity contribution in [2.75, 3.05) is 34.4 Å². The van der Waals surface area contributed by atoms with Crippen LogP contribution in [0, 0.1) is 0 Å². The van der Waals surface area contributed by atoms with E-state index in [1.807, 2.05) is 0 Å². The van der Waals surface area contributed by atoms with E-state index in [0.717, 1.165) is 19.5 Å². The third-order valence-corrected chi connectivity index (χ3v) is 6.21. The highest BCUT2D eigenvalue weighted by Crippen LogP contribution is 2.15. The Morgan fingerprint density at radius 1 is 0.684 bits per heavy atom. The van der Waals surface area contributed by atoms with Crippen LogP contribution in [-0.2, 0) is 13.3 Å². The van der Waals surface area contributed by atoms with E-state index < -0.39 is 8.97 Å². The Morgan fingerprint density at radius 3 is 1.68 bits per heavy atom. The van der Waals surface area contributed by atoms with E-state index in [9.17, 15) is 0 Å². The highest BCUT2D eigenvalue weighted by Gasteiger charge is 2.45. The van der Waals surface area contributed by atoms with Gasteiger partial charge in [-0.15, -0.1) is 0 Å². The highest BCUT2D eigenvalue weighted by molar-refractivity contribution is 6.57. The molecule has 0 heterocycles. The van der Waals surface area contributed by atoms with Gasteiger partial charge in [0.15, 0.2) is 0 Å². The van der Waals surface area contributed by atoms with Crippen molar-refractivity contribution in [3.05, 3.63) is 0 Å². The van der Waals surface area contributed by atoms with E-state index in [2.05, 4.69) is 18.4 Å². The number of hydrogen-bond acceptors (Lipinski definition) is 4. The normalized spacial score (nSPS) is 12.3. The van der Waals surface area contributed by atoms with Crippen LogP contribution >= 0.6 is 0 Å². The second kappa shape index (κ2) is 11.8. The number of nitrogens with zero attached hydrogens (tertiary/aromatic N) is 1. The molecule has 0 aliphatic carbocycles. The molecule has 0 fully saturated rings. The third kappa shape index (κ3) is 6.86. The second-order valence-electron chi connectivity index (χ2n) is 4.89. The summed E-state index contributed by atoms with van der Waals surface area (Å²) in [5.41, 5.74) is 0. The minimum absolute atomic E-state index is 0.969. The Morgan fingerprint density at radius 2 is 1.21 bits per heavy atom. The second-order valence-corrected chi connectivity index (χ2v) is 7.80. The van der Waals surface area contributed by atoms with Crippen molar-refractivity contribution in [1.29, 1.82) is 0 Å². The van der Waals surface area contributed by atoms with Crippen LogP contribution in [0.15, 0.2) is 0 Å². The van der Waals surface area contributed by atoms with Gasteiger partial charge < -0.3 is 13.3 Å². The maximum atomic E-state index is 5.57. The SMILES string of the molecule is CCCCCCCCN(CCC)[Si](OC)(OC)OC. The maximum absolute atomic E-state index is 5.57. The Bertz CT molecular complexity index is 193. The lowest BCUT2D eigenvalue weighted by molar-refractivity contribution is 0.0565. The zero-order chi connectivity index (χ0) is 14.6. The molecule has 0 radical (unpaired) electrons. The third-order valence-electron chi connectivity index (χ3n) is 3.44. The molecule has 0 aromatic heterocycles. The molecule has 0 aliphatic heterocycles. The van der Waals surface area contributed by atoms with E-state index >= 15 is 0 Å². The van der Waals surface area contributed by atoms with E-state index in [1.54, 1.807) is 21.3 Å². The van der Waals surface area contributed by atoms with Gasteiger partial charge >= 0.3 is 8.97 Å². The molecule has 0 spiro atoms. The van der Waals surface area contributed by atoms with Crippen molar-refractivity contribution < 1.29 is 13.3 Å². The van der Waals surface area contributed by atoms with E-state index in [4.69, 9.17) is 13.3 Å². The molecule has 5 heteroatoms. The maximum Gasteiger partial charge on any atom is 0.598 e. The molecule has 0 N–H and O–H groups in total. The summed E-state index contributed by atoms with van der Waals surface area (Å²) < 4.78 is 19.0. The molecule has 116 valence electrons. The smallest absolute Gasteiger partial charge is 0.364 e. The lowest BCUT2D eigenvalue weighted by Gasteiger charge is -2.35. The fourth-order valence-electron chi connectivity index (χ4n) is 2.38. The van der Waals surface area contributed by atoms with Crippen LogP contribution in [0.4, 0.5) is 0 Å². The van der Waals surface area contributed by atoms with Crippen molar-refractivity contribution in [2.45, 2.75) is 58.8 Å². The quantitative estimate of drug-likeness (QED) is 0.384. The average Bonchev–Trinajstić information content (AvgIpc) is 2.45. The van der Waals surface area contributed by atoms with Crippen LogP contribution in [0.1, 0.15) is 58.8 Å². The molecule has 0 saturated carbocycles. The number of unbranched alkanes of at least 4 members (excludes halogenated alkanes) is 5. The summed E-state index contributed by atoms with van der Waals surface area (Å²) >= 11 is 0. The summed E-state index contributed by atoms with van der Waals surface area (Å²) in [6, 6.07) is 0. The first-order valence-electron chi connectivity index (χ1n) is 7.61. The van der Waals surface area contributed by atoms with Gasteiger partial charge in [-0.2, -0.15) is 0 Å². The monoisotopic (exact) mass is 291 g/mol. The van der Waals surface area contributed by atoms with Gasteiger partial charge in [0.1, 0.15) is 0 Å². The van der Waals surface area contributed by atoms with E-state index in [-0.39, 0.29) is 0 Å². The van der Waals surface area contributed by atoms with Gasteiger partial charge in [-0.25, -0.2) is 0 Å². The lowest BCUT2D eigenvalue weighted by atomic mass is 10.1. The molecule has 4 nitrogen and oxygen atoms in total. The van der Waals surface area contributed by atoms with Crippen LogP contribution in [0.3, 0.4) is 0 Å². The van der Waals surface area contributed by atoms with Gasteiger partial charge in [0.2, 0.25) is 0 Å². The van der Waals surface area contributed by atoms with Gasteiger partial charge in [0, 0.05) is 21.3 Å². The fraction of sp³-hybridized carbons (Fsp3) is 1.00. The van der Waals surface area contributed by atoms with Crippen LogP contribution in [-0.4, -0.2) is 48.0 Å². The largest absolute Gasteiger partial charge is 0.598 e. The van der Waals surface area contributed by atoms with Crippen molar-refractivity contribution >= 4 is 8.97 Å². The first-order chi connectivity index (χ1) is 9.20. The number of rotatable bonds is 13. The average molecular weight is 292 g/mol. The molecule has 0 rings (SSSR count). The molecule has 0 saturated heterocycles.